The number of thiophene rings is 1. The molecule has 1 amide bonds. The molecule has 3 rings (SSSR count). The fourth-order valence-electron chi connectivity index (χ4n) is 2.69. The van der Waals surface area contributed by atoms with Crippen LogP contribution < -0.4 is 14.8 Å². The second-order valence-corrected chi connectivity index (χ2v) is 6.68. The molecule has 1 aliphatic heterocycles. The van der Waals surface area contributed by atoms with E-state index in [4.69, 9.17) is 9.47 Å². The first-order valence-electron chi connectivity index (χ1n) is 8.10. The molecule has 5 heteroatoms. The van der Waals surface area contributed by atoms with E-state index in [9.17, 15) is 4.79 Å². The van der Waals surface area contributed by atoms with Crippen molar-refractivity contribution in [3.63, 3.8) is 0 Å². The van der Waals surface area contributed by atoms with E-state index in [1.807, 2.05) is 42.6 Å². The van der Waals surface area contributed by atoms with Gasteiger partial charge in [0.25, 0.3) is 0 Å². The van der Waals surface area contributed by atoms with Gasteiger partial charge in [-0.3, -0.25) is 4.79 Å². The van der Waals surface area contributed by atoms with Gasteiger partial charge in [0.2, 0.25) is 5.91 Å². The lowest BCUT2D eigenvalue weighted by Gasteiger charge is -2.13. The first-order valence-corrected chi connectivity index (χ1v) is 8.98. The van der Waals surface area contributed by atoms with Crippen LogP contribution in [-0.4, -0.2) is 18.6 Å². The fourth-order valence-corrected chi connectivity index (χ4v) is 3.31. The zero-order chi connectivity index (χ0) is 16.9. The summed E-state index contributed by atoms with van der Waals surface area (Å²) in [7, 11) is 0. The number of hydrogen-bond donors (Lipinski definition) is 1. The van der Waals surface area contributed by atoms with Crippen LogP contribution in [0.5, 0.6) is 11.5 Å². The largest absolute Gasteiger partial charge is 0.494 e. The minimum atomic E-state index is -0.124. The van der Waals surface area contributed by atoms with E-state index in [0.717, 1.165) is 28.4 Å². The van der Waals surface area contributed by atoms with E-state index in [1.165, 1.54) is 5.56 Å². The van der Waals surface area contributed by atoms with E-state index in [-0.39, 0.29) is 12.0 Å². The van der Waals surface area contributed by atoms with Gasteiger partial charge in [0, 0.05) is 35.0 Å². The molecule has 2 heterocycles. The number of nitrogens with one attached hydrogen (secondary N) is 1. The molecule has 1 aliphatic rings. The molecule has 0 saturated heterocycles. The maximum atomic E-state index is 12.0. The molecular weight excluding hydrogens is 322 g/mol. The van der Waals surface area contributed by atoms with Gasteiger partial charge in [-0.25, -0.2) is 0 Å². The SMILES string of the molecule is CCOc1cc2c(cc1CNC(=O)/C=C/c1cccs1)O[C@@H](C)C2. The summed E-state index contributed by atoms with van der Waals surface area (Å²) in [5, 5.41) is 4.89. The van der Waals surface area contributed by atoms with Gasteiger partial charge < -0.3 is 14.8 Å². The van der Waals surface area contributed by atoms with Gasteiger partial charge >= 0.3 is 0 Å². The summed E-state index contributed by atoms with van der Waals surface area (Å²) in [4.78, 5) is 13.1. The molecule has 1 atom stereocenters. The van der Waals surface area contributed by atoms with Crippen molar-refractivity contribution in [3.8, 4) is 11.5 Å². The fraction of sp³-hybridized carbons (Fsp3) is 0.316. The van der Waals surface area contributed by atoms with Gasteiger partial charge in [0.05, 0.1) is 6.61 Å². The zero-order valence-electron chi connectivity index (χ0n) is 13.9. The van der Waals surface area contributed by atoms with Crippen LogP contribution in [0.1, 0.15) is 29.9 Å². The normalized spacial score (nSPS) is 16.0. The Hall–Kier alpha value is -2.27. The van der Waals surface area contributed by atoms with Crippen molar-refractivity contribution in [1.82, 2.24) is 5.32 Å². The van der Waals surface area contributed by atoms with E-state index in [2.05, 4.69) is 12.2 Å². The highest BCUT2D eigenvalue weighted by atomic mass is 32.1. The minimum Gasteiger partial charge on any atom is -0.494 e. The third-order valence-corrected chi connectivity index (χ3v) is 4.61. The van der Waals surface area contributed by atoms with Crippen molar-refractivity contribution in [3.05, 3.63) is 51.7 Å². The lowest BCUT2D eigenvalue weighted by atomic mass is 10.1. The number of benzene rings is 1. The van der Waals surface area contributed by atoms with Crippen LogP contribution in [0, 0.1) is 0 Å². The predicted octanol–water partition coefficient (Wildman–Crippen LogP) is 3.80. The lowest BCUT2D eigenvalue weighted by molar-refractivity contribution is -0.116. The Kier molecular flexibility index (Phi) is 5.20. The Morgan fingerprint density at radius 3 is 3.12 bits per heavy atom. The van der Waals surface area contributed by atoms with Gasteiger partial charge in [-0.15, -0.1) is 11.3 Å². The third-order valence-electron chi connectivity index (χ3n) is 3.77. The summed E-state index contributed by atoms with van der Waals surface area (Å²) >= 11 is 1.60. The maximum absolute atomic E-state index is 12.0. The minimum absolute atomic E-state index is 0.124. The molecule has 4 nitrogen and oxygen atoms in total. The number of fused-ring (bicyclic) bond motifs is 1. The summed E-state index contributed by atoms with van der Waals surface area (Å²) in [6.07, 6.45) is 4.45. The molecule has 1 aromatic carbocycles. The molecule has 0 fully saturated rings. The summed E-state index contributed by atoms with van der Waals surface area (Å²) in [6.45, 7) is 5.01. The van der Waals surface area contributed by atoms with Crippen molar-refractivity contribution in [1.29, 1.82) is 0 Å². The first kappa shape index (κ1) is 16.6. The molecule has 1 aromatic heterocycles. The highest BCUT2D eigenvalue weighted by Gasteiger charge is 2.21. The molecule has 0 saturated carbocycles. The number of carbonyl (C=O) groups excluding carboxylic acids is 1. The second kappa shape index (κ2) is 7.53. The Morgan fingerprint density at radius 2 is 2.38 bits per heavy atom. The highest BCUT2D eigenvalue weighted by Crippen LogP contribution is 2.35. The topological polar surface area (TPSA) is 47.6 Å². The maximum Gasteiger partial charge on any atom is 0.244 e. The summed E-state index contributed by atoms with van der Waals surface area (Å²) < 4.78 is 11.5. The van der Waals surface area contributed by atoms with Gasteiger partial charge in [0.1, 0.15) is 17.6 Å². The molecule has 0 spiro atoms. The van der Waals surface area contributed by atoms with Gasteiger partial charge in [0.15, 0.2) is 0 Å². The number of hydrogen-bond acceptors (Lipinski definition) is 4. The molecule has 2 aromatic rings. The smallest absolute Gasteiger partial charge is 0.244 e. The van der Waals surface area contributed by atoms with Gasteiger partial charge in [-0.05, 0) is 43.5 Å². The van der Waals surface area contributed by atoms with Crippen LogP contribution in [0.25, 0.3) is 6.08 Å². The molecule has 126 valence electrons. The van der Waals surface area contributed by atoms with Gasteiger partial charge in [-0.1, -0.05) is 6.07 Å². The number of amides is 1. The Balaban J connectivity index is 1.67. The predicted molar refractivity (Wildman–Crippen MR) is 96.6 cm³/mol. The molecule has 0 aliphatic carbocycles. The number of carbonyl (C=O) groups is 1. The van der Waals surface area contributed by atoms with Crippen LogP contribution in [-0.2, 0) is 17.8 Å². The van der Waals surface area contributed by atoms with Crippen molar-refractivity contribution >= 4 is 23.3 Å². The molecule has 0 unspecified atom stereocenters. The van der Waals surface area contributed by atoms with Crippen molar-refractivity contribution in [2.24, 2.45) is 0 Å². The number of rotatable bonds is 6. The zero-order valence-corrected chi connectivity index (χ0v) is 14.7. The van der Waals surface area contributed by atoms with Crippen molar-refractivity contribution in [2.75, 3.05) is 6.61 Å². The van der Waals surface area contributed by atoms with Crippen LogP contribution in [0.3, 0.4) is 0 Å². The summed E-state index contributed by atoms with van der Waals surface area (Å²) in [5.74, 6) is 1.58. The van der Waals surface area contributed by atoms with Crippen LogP contribution in [0.15, 0.2) is 35.7 Å². The highest BCUT2D eigenvalue weighted by molar-refractivity contribution is 7.10. The van der Waals surface area contributed by atoms with E-state index in [1.54, 1.807) is 17.4 Å². The van der Waals surface area contributed by atoms with Gasteiger partial charge in [-0.2, -0.15) is 0 Å². The summed E-state index contributed by atoms with van der Waals surface area (Å²) in [6, 6.07) is 7.95. The quantitative estimate of drug-likeness (QED) is 0.812. The average molecular weight is 343 g/mol. The molecule has 0 radical (unpaired) electrons. The van der Waals surface area contributed by atoms with Crippen molar-refractivity contribution < 1.29 is 14.3 Å². The van der Waals surface area contributed by atoms with E-state index < -0.39 is 0 Å². The van der Waals surface area contributed by atoms with Crippen LogP contribution >= 0.6 is 11.3 Å². The van der Waals surface area contributed by atoms with Crippen LogP contribution in [0.2, 0.25) is 0 Å². The molecule has 24 heavy (non-hydrogen) atoms. The number of ether oxygens (including phenoxy) is 2. The first-order chi connectivity index (χ1) is 11.7. The molecule has 0 bridgehead atoms. The van der Waals surface area contributed by atoms with E-state index in [0.29, 0.717) is 13.2 Å². The monoisotopic (exact) mass is 343 g/mol. The Morgan fingerprint density at radius 1 is 1.50 bits per heavy atom. The molecule has 1 N–H and O–H groups in total. The molecular formula is C19H21NO3S. The average Bonchev–Trinajstić information content (AvgIpc) is 3.19. The third kappa shape index (κ3) is 3.97. The summed E-state index contributed by atoms with van der Waals surface area (Å²) in [5.41, 5.74) is 2.10. The Bertz CT molecular complexity index is 737. The van der Waals surface area contributed by atoms with Crippen LogP contribution in [0.4, 0.5) is 0 Å². The van der Waals surface area contributed by atoms with Crippen molar-refractivity contribution in [2.45, 2.75) is 32.9 Å². The second-order valence-electron chi connectivity index (χ2n) is 5.70. The Labute approximate surface area is 146 Å². The standard InChI is InChI=1S/C19H21NO3S/c1-3-22-17-10-14-9-13(2)23-18(14)11-15(17)12-20-19(21)7-6-16-5-4-8-24-16/h4-8,10-11,13H,3,9,12H2,1-2H3,(H,20,21)/b7-6+/t13-/m0/s1. The van der Waals surface area contributed by atoms with E-state index >= 15 is 0 Å². The lowest BCUT2D eigenvalue weighted by Crippen LogP contribution is -2.20.